The largest absolute Gasteiger partial charge is 0.455 e. The number of carbonyl (C=O) groups excluding carboxylic acids is 2. The van der Waals surface area contributed by atoms with Crippen molar-refractivity contribution in [3.8, 4) is 23.0 Å². The lowest BCUT2D eigenvalue weighted by Crippen LogP contribution is -2.28. The molecular formula is C40H32N4O8S2. The van der Waals surface area contributed by atoms with Crippen LogP contribution in [0.5, 0.6) is 23.0 Å². The highest BCUT2D eigenvalue weighted by Crippen LogP contribution is 2.48. The van der Waals surface area contributed by atoms with Crippen molar-refractivity contribution in [2.45, 2.75) is 23.6 Å². The van der Waals surface area contributed by atoms with E-state index in [-0.39, 0.29) is 44.0 Å². The van der Waals surface area contributed by atoms with Gasteiger partial charge < -0.3 is 20.9 Å². The average Bonchev–Trinajstić information content (AvgIpc) is 3.14. The fraction of sp³-hybridized carbons (Fsp3) is 0.0500. The van der Waals surface area contributed by atoms with Crippen LogP contribution in [0, 0.1) is 13.8 Å². The zero-order valence-corrected chi connectivity index (χ0v) is 30.4. The molecule has 0 saturated heterocycles. The maximum Gasteiger partial charge on any atom is 0.261 e. The van der Waals surface area contributed by atoms with Crippen LogP contribution >= 0.6 is 0 Å². The Labute approximate surface area is 311 Å². The zero-order chi connectivity index (χ0) is 38.4. The highest BCUT2D eigenvalue weighted by molar-refractivity contribution is 7.93. The molecule has 0 bridgehead atoms. The van der Waals surface area contributed by atoms with Crippen molar-refractivity contribution >= 4 is 54.4 Å². The molecule has 6 N–H and O–H groups in total. The number of hydrogen-bond donors (Lipinski definition) is 4. The summed E-state index contributed by atoms with van der Waals surface area (Å²) in [6.07, 6.45) is 0. The first-order chi connectivity index (χ1) is 25.7. The molecule has 0 aromatic heterocycles. The number of nitrogens with two attached hydrogens (primary N) is 2. The summed E-state index contributed by atoms with van der Waals surface area (Å²) < 4.78 is 72.1. The van der Waals surface area contributed by atoms with Crippen LogP contribution < -0.4 is 30.4 Å². The monoisotopic (exact) mass is 760 g/mol. The molecule has 272 valence electrons. The highest BCUT2D eigenvalue weighted by Gasteiger charge is 2.41. The van der Waals surface area contributed by atoms with Gasteiger partial charge in [0.1, 0.15) is 11.5 Å². The molecule has 1 aliphatic rings. The molecule has 0 saturated carbocycles. The molecule has 0 unspecified atom stereocenters. The van der Waals surface area contributed by atoms with Crippen molar-refractivity contribution in [2.24, 2.45) is 0 Å². The molecule has 7 rings (SSSR count). The fourth-order valence-corrected chi connectivity index (χ4v) is 8.07. The zero-order valence-electron chi connectivity index (χ0n) is 28.8. The van der Waals surface area contributed by atoms with Gasteiger partial charge in [-0.2, -0.15) is 0 Å². The molecule has 0 radical (unpaired) electrons. The maximum atomic E-state index is 14.9. The Hall–Kier alpha value is -6.64. The van der Waals surface area contributed by atoms with Crippen LogP contribution in [0.2, 0.25) is 0 Å². The van der Waals surface area contributed by atoms with Crippen molar-refractivity contribution in [3.05, 3.63) is 155 Å². The second-order valence-electron chi connectivity index (χ2n) is 12.5. The molecule has 0 amide bonds. The molecule has 6 aromatic carbocycles. The van der Waals surface area contributed by atoms with Crippen molar-refractivity contribution < 1.29 is 35.9 Å². The molecular weight excluding hydrogens is 729 g/mol. The number of fused-ring (bicyclic) bond motifs is 2. The minimum absolute atomic E-state index is 0.127. The van der Waals surface area contributed by atoms with Crippen molar-refractivity contribution in [1.29, 1.82) is 0 Å². The first kappa shape index (κ1) is 35.7. The van der Waals surface area contributed by atoms with Crippen LogP contribution in [0.4, 0.5) is 22.7 Å². The van der Waals surface area contributed by atoms with E-state index in [1.807, 2.05) is 0 Å². The van der Waals surface area contributed by atoms with E-state index in [0.717, 1.165) is 11.1 Å². The van der Waals surface area contributed by atoms with Crippen LogP contribution in [0.1, 0.15) is 43.0 Å². The van der Waals surface area contributed by atoms with Gasteiger partial charge in [-0.05, 0) is 62.4 Å². The number of rotatable bonds is 10. The van der Waals surface area contributed by atoms with Gasteiger partial charge in [0.05, 0.1) is 54.8 Å². The number of ketones is 2. The maximum absolute atomic E-state index is 14.9. The summed E-state index contributed by atoms with van der Waals surface area (Å²) in [5, 5.41) is 0. The molecule has 0 spiro atoms. The number of ether oxygens (including phenoxy) is 2. The van der Waals surface area contributed by atoms with Gasteiger partial charge in [-0.1, -0.05) is 71.8 Å². The molecule has 6 aromatic rings. The number of aryl methyl sites for hydroxylation is 2. The van der Waals surface area contributed by atoms with Gasteiger partial charge in [0, 0.05) is 12.1 Å². The van der Waals surface area contributed by atoms with E-state index in [2.05, 4.69) is 9.44 Å². The first-order valence-electron chi connectivity index (χ1n) is 16.4. The van der Waals surface area contributed by atoms with E-state index >= 15 is 0 Å². The van der Waals surface area contributed by atoms with Gasteiger partial charge in [-0.3, -0.25) is 19.0 Å². The van der Waals surface area contributed by atoms with Crippen LogP contribution in [0.15, 0.2) is 131 Å². The Kier molecular flexibility index (Phi) is 9.09. The summed E-state index contributed by atoms with van der Waals surface area (Å²) in [5.74, 6) is -1.52. The summed E-state index contributed by atoms with van der Waals surface area (Å²) in [7, 11) is -8.76. The van der Waals surface area contributed by atoms with Gasteiger partial charge in [-0.15, -0.1) is 0 Å². The van der Waals surface area contributed by atoms with Crippen molar-refractivity contribution in [3.63, 3.8) is 0 Å². The minimum Gasteiger partial charge on any atom is -0.455 e. The van der Waals surface area contributed by atoms with Gasteiger partial charge >= 0.3 is 0 Å². The number of para-hydroxylation sites is 2. The van der Waals surface area contributed by atoms with E-state index in [1.165, 1.54) is 36.4 Å². The van der Waals surface area contributed by atoms with Crippen molar-refractivity contribution in [1.82, 2.24) is 0 Å². The van der Waals surface area contributed by atoms with Gasteiger partial charge in [-0.25, -0.2) is 16.8 Å². The van der Waals surface area contributed by atoms with Gasteiger partial charge in [0.15, 0.2) is 23.1 Å². The van der Waals surface area contributed by atoms with Crippen LogP contribution in [0.3, 0.4) is 0 Å². The Bertz CT molecular complexity index is 2500. The lowest BCUT2D eigenvalue weighted by molar-refractivity contribution is 0.0981. The number of benzene rings is 6. The second-order valence-corrected chi connectivity index (χ2v) is 15.9. The average molecular weight is 761 g/mol. The Morgan fingerprint density at radius 1 is 0.481 bits per heavy atom. The Morgan fingerprint density at radius 3 is 1.17 bits per heavy atom. The molecule has 1 aliphatic carbocycles. The van der Waals surface area contributed by atoms with Crippen molar-refractivity contribution in [2.75, 3.05) is 20.9 Å². The summed E-state index contributed by atoms with van der Waals surface area (Å²) in [6.45, 7) is 3.59. The summed E-state index contributed by atoms with van der Waals surface area (Å²) in [6, 6.07) is 31.2. The van der Waals surface area contributed by atoms with E-state index in [9.17, 15) is 26.4 Å². The molecule has 0 fully saturated rings. The van der Waals surface area contributed by atoms with Crippen LogP contribution in [0.25, 0.3) is 0 Å². The first-order valence-corrected chi connectivity index (χ1v) is 19.4. The molecule has 54 heavy (non-hydrogen) atoms. The summed E-state index contributed by atoms with van der Waals surface area (Å²) in [4.78, 5) is 29.4. The molecule has 14 heteroatoms. The Balaban J connectivity index is 1.46. The third-order valence-electron chi connectivity index (χ3n) is 8.66. The Morgan fingerprint density at radius 2 is 0.815 bits per heavy atom. The quantitative estimate of drug-likeness (QED) is 0.102. The normalized spacial score (nSPS) is 12.4. The predicted molar refractivity (Wildman–Crippen MR) is 206 cm³/mol. The smallest absolute Gasteiger partial charge is 0.261 e. The van der Waals surface area contributed by atoms with Crippen LogP contribution in [-0.4, -0.2) is 28.4 Å². The molecule has 0 aliphatic heterocycles. The second kappa shape index (κ2) is 13.7. The molecule has 0 heterocycles. The molecule has 0 atom stereocenters. The van der Waals surface area contributed by atoms with E-state index in [0.29, 0.717) is 11.5 Å². The van der Waals surface area contributed by atoms with Crippen LogP contribution in [-0.2, 0) is 20.0 Å². The van der Waals surface area contributed by atoms with E-state index in [1.54, 1.807) is 98.8 Å². The third kappa shape index (κ3) is 6.71. The summed E-state index contributed by atoms with van der Waals surface area (Å²) in [5.41, 5.74) is 11.9. The number of hydrogen-bond acceptors (Lipinski definition) is 10. The van der Waals surface area contributed by atoms with Gasteiger partial charge in [0.2, 0.25) is 0 Å². The number of anilines is 4. The lowest BCUT2D eigenvalue weighted by Gasteiger charge is -2.27. The van der Waals surface area contributed by atoms with E-state index < -0.39 is 53.9 Å². The standard InChI is InChI=1S/C40H32N4O8S2/c1-23-13-17-27(18-14-23)53(47,48)43-29-21-31(51-25-9-5-3-6-10-25)37(41)35-33(29)39(45)34-30(44-54(49,50)28-19-15-24(2)16-20-28)22-32(38(42)36(34)40(35)46)52-26-11-7-4-8-12-26/h3-22,43-44H,41-42H2,1-2H3. The fourth-order valence-electron chi connectivity index (χ4n) is 5.94. The summed E-state index contributed by atoms with van der Waals surface area (Å²) >= 11 is 0. The SMILES string of the molecule is Cc1ccc(S(=O)(=O)Nc2cc(Oc3ccccc3)c(N)c3c2C(=O)c2c(NS(=O)(=O)c4ccc(C)cc4)cc(Oc4ccccc4)c(N)c2C3=O)cc1. The number of nitrogen functional groups attached to an aromatic ring is 2. The molecule has 12 nitrogen and oxygen atoms in total. The number of nitrogens with one attached hydrogen (secondary N) is 2. The lowest BCUT2D eigenvalue weighted by atomic mass is 9.80. The van der Waals surface area contributed by atoms with Gasteiger partial charge in [0.25, 0.3) is 20.0 Å². The highest BCUT2D eigenvalue weighted by atomic mass is 32.2. The number of carbonyl (C=O) groups is 2. The minimum atomic E-state index is -4.38. The topological polar surface area (TPSA) is 197 Å². The van der Waals surface area contributed by atoms with E-state index in [4.69, 9.17) is 20.9 Å². The third-order valence-corrected chi connectivity index (χ3v) is 11.4. The number of sulfonamides is 2. The predicted octanol–water partition coefficient (Wildman–Crippen LogP) is 7.43.